The van der Waals surface area contributed by atoms with Crippen molar-refractivity contribution in [2.45, 2.75) is 31.4 Å². The van der Waals surface area contributed by atoms with Gasteiger partial charge in [0.1, 0.15) is 24.8 Å². The van der Waals surface area contributed by atoms with E-state index in [-0.39, 0.29) is 24.0 Å². The van der Waals surface area contributed by atoms with E-state index in [9.17, 15) is 30.7 Å². The third-order valence-corrected chi connectivity index (χ3v) is 4.67. The molecule has 1 heterocycles. The standard InChI is InChI=1S/C21H18F7NO2/c1-12(14-8-15(20(23,24)25)10-16(9-14)21(26,27)28)31-11-18-19(29-6-7-30-18)13-2-4-17(22)5-3-13/h2-5,8-12,19,29H,6-7H2,1H3/t12-,19+/m1/s1. The van der Waals surface area contributed by atoms with Crippen LogP contribution >= 0.6 is 0 Å². The molecule has 0 unspecified atom stereocenters. The minimum Gasteiger partial charge on any atom is -0.491 e. The SMILES string of the molecule is C[C@@H](OC=C1OCCN[C@H]1c1ccc(F)cc1)c1cc(C(F)(F)F)cc(C(F)(F)F)c1. The minimum atomic E-state index is -4.95. The van der Waals surface area contributed by atoms with Crippen LogP contribution in [0.5, 0.6) is 0 Å². The predicted molar refractivity (Wildman–Crippen MR) is 97.1 cm³/mol. The number of rotatable bonds is 4. The Morgan fingerprint density at radius 2 is 1.58 bits per heavy atom. The molecule has 3 nitrogen and oxygen atoms in total. The molecule has 1 aliphatic heterocycles. The number of hydrogen-bond donors (Lipinski definition) is 1. The van der Waals surface area contributed by atoms with Crippen molar-refractivity contribution in [3.8, 4) is 0 Å². The zero-order chi connectivity index (χ0) is 22.8. The molecule has 3 rings (SSSR count). The first-order chi connectivity index (χ1) is 14.4. The molecule has 1 aliphatic rings. The number of ether oxygens (including phenoxy) is 2. The van der Waals surface area contributed by atoms with Gasteiger partial charge in [-0.3, -0.25) is 0 Å². The van der Waals surface area contributed by atoms with E-state index in [0.29, 0.717) is 24.2 Å². The van der Waals surface area contributed by atoms with Gasteiger partial charge in [0.25, 0.3) is 0 Å². The molecule has 2 atom stereocenters. The lowest BCUT2D eigenvalue weighted by Gasteiger charge is -2.28. The number of halogens is 7. The van der Waals surface area contributed by atoms with Crippen molar-refractivity contribution in [1.82, 2.24) is 5.32 Å². The van der Waals surface area contributed by atoms with E-state index in [1.807, 2.05) is 0 Å². The Labute approximate surface area is 173 Å². The minimum absolute atomic E-state index is 0.0629. The number of nitrogens with one attached hydrogen (secondary N) is 1. The fourth-order valence-corrected chi connectivity index (χ4v) is 3.06. The fraction of sp³-hybridized carbons (Fsp3) is 0.333. The van der Waals surface area contributed by atoms with Gasteiger partial charge in [-0.25, -0.2) is 4.39 Å². The van der Waals surface area contributed by atoms with E-state index >= 15 is 0 Å². The molecule has 2 aromatic rings. The van der Waals surface area contributed by atoms with Crippen LogP contribution in [0.4, 0.5) is 30.7 Å². The van der Waals surface area contributed by atoms with Crippen LogP contribution in [-0.2, 0) is 21.8 Å². The van der Waals surface area contributed by atoms with Crippen LogP contribution in [0.15, 0.2) is 54.5 Å². The van der Waals surface area contributed by atoms with Gasteiger partial charge in [-0.15, -0.1) is 0 Å². The predicted octanol–water partition coefficient (Wildman–Crippen LogP) is 6.14. The van der Waals surface area contributed by atoms with Gasteiger partial charge in [-0.2, -0.15) is 26.3 Å². The maximum Gasteiger partial charge on any atom is 0.416 e. The average Bonchev–Trinajstić information content (AvgIpc) is 2.71. The summed E-state index contributed by atoms with van der Waals surface area (Å²) < 4.78 is 103. The highest BCUT2D eigenvalue weighted by molar-refractivity contribution is 5.35. The Bertz CT molecular complexity index is 904. The second-order valence-corrected chi connectivity index (χ2v) is 6.92. The van der Waals surface area contributed by atoms with Crippen LogP contribution in [0.2, 0.25) is 0 Å². The van der Waals surface area contributed by atoms with E-state index in [4.69, 9.17) is 9.47 Å². The van der Waals surface area contributed by atoms with Crippen molar-refractivity contribution in [2.75, 3.05) is 13.2 Å². The smallest absolute Gasteiger partial charge is 0.416 e. The summed E-state index contributed by atoms with van der Waals surface area (Å²) in [6.07, 6.45) is -9.87. The molecule has 31 heavy (non-hydrogen) atoms. The summed E-state index contributed by atoms with van der Waals surface area (Å²) >= 11 is 0. The van der Waals surface area contributed by atoms with Crippen LogP contribution < -0.4 is 5.32 Å². The van der Waals surface area contributed by atoms with E-state index in [2.05, 4.69) is 5.32 Å². The van der Waals surface area contributed by atoms with Crippen molar-refractivity contribution in [1.29, 1.82) is 0 Å². The second-order valence-electron chi connectivity index (χ2n) is 6.92. The highest BCUT2D eigenvalue weighted by Crippen LogP contribution is 2.38. The number of morpholine rings is 1. The second kappa shape index (κ2) is 8.78. The lowest BCUT2D eigenvalue weighted by molar-refractivity contribution is -0.143. The molecular weight excluding hydrogens is 431 g/mol. The average molecular weight is 449 g/mol. The molecule has 2 aromatic carbocycles. The van der Waals surface area contributed by atoms with Crippen molar-refractivity contribution in [3.05, 3.63) is 82.6 Å². The van der Waals surface area contributed by atoms with Gasteiger partial charge in [0.15, 0.2) is 5.76 Å². The quantitative estimate of drug-likeness (QED) is 0.449. The fourth-order valence-electron chi connectivity index (χ4n) is 3.06. The highest BCUT2D eigenvalue weighted by Gasteiger charge is 2.37. The summed E-state index contributed by atoms with van der Waals surface area (Å²) in [6.45, 7) is 2.09. The third-order valence-electron chi connectivity index (χ3n) is 4.67. The monoisotopic (exact) mass is 449 g/mol. The molecule has 0 amide bonds. The van der Waals surface area contributed by atoms with Crippen molar-refractivity contribution in [2.24, 2.45) is 0 Å². The molecule has 10 heteroatoms. The Morgan fingerprint density at radius 1 is 1.00 bits per heavy atom. The van der Waals surface area contributed by atoms with Crippen molar-refractivity contribution in [3.63, 3.8) is 0 Å². The van der Waals surface area contributed by atoms with Gasteiger partial charge in [-0.05, 0) is 48.4 Å². The Kier molecular flexibility index (Phi) is 6.49. The molecule has 1 saturated heterocycles. The maximum absolute atomic E-state index is 13.2. The normalized spacial score (nSPS) is 19.7. The summed E-state index contributed by atoms with van der Waals surface area (Å²) in [7, 11) is 0. The first-order valence-corrected chi connectivity index (χ1v) is 9.21. The number of hydrogen-bond acceptors (Lipinski definition) is 3. The molecule has 0 radical (unpaired) electrons. The van der Waals surface area contributed by atoms with E-state index < -0.39 is 41.4 Å². The zero-order valence-electron chi connectivity index (χ0n) is 16.1. The lowest BCUT2D eigenvalue weighted by Crippen LogP contribution is -2.33. The maximum atomic E-state index is 13.2. The molecule has 1 N–H and O–H groups in total. The molecule has 0 bridgehead atoms. The van der Waals surface area contributed by atoms with Crippen LogP contribution in [-0.4, -0.2) is 13.2 Å². The molecule has 0 saturated carbocycles. The summed E-state index contributed by atoms with van der Waals surface area (Å²) in [5.41, 5.74) is -2.47. The first-order valence-electron chi connectivity index (χ1n) is 9.21. The van der Waals surface area contributed by atoms with Crippen LogP contribution in [0.3, 0.4) is 0 Å². The van der Waals surface area contributed by atoms with Gasteiger partial charge in [0, 0.05) is 6.54 Å². The molecule has 0 aliphatic carbocycles. The van der Waals surface area contributed by atoms with Gasteiger partial charge in [0.2, 0.25) is 0 Å². The zero-order valence-corrected chi connectivity index (χ0v) is 16.1. The lowest BCUT2D eigenvalue weighted by atomic mass is 10.0. The van der Waals surface area contributed by atoms with Crippen LogP contribution in [0.25, 0.3) is 0 Å². The molecular formula is C21H18F7NO2. The molecule has 0 aromatic heterocycles. The first kappa shape index (κ1) is 22.9. The van der Waals surface area contributed by atoms with Crippen LogP contribution in [0.1, 0.15) is 41.3 Å². The van der Waals surface area contributed by atoms with E-state index in [1.54, 1.807) is 0 Å². The topological polar surface area (TPSA) is 30.5 Å². The molecule has 1 fully saturated rings. The highest BCUT2D eigenvalue weighted by atomic mass is 19.4. The number of benzene rings is 2. The Balaban J connectivity index is 1.86. The summed E-state index contributed by atoms with van der Waals surface area (Å²) in [6, 6.07) is 6.37. The van der Waals surface area contributed by atoms with Crippen molar-refractivity contribution >= 4 is 0 Å². The van der Waals surface area contributed by atoms with Gasteiger partial charge < -0.3 is 14.8 Å². The van der Waals surface area contributed by atoms with Gasteiger partial charge in [0.05, 0.1) is 17.2 Å². The van der Waals surface area contributed by atoms with E-state index in [1.165, 1.54) is 31.2 Å². The Hall–Kier alpha value is -2.75. The summed E-state index contributed by atoms with van der Waals surface area (Å²) in [5.74, 6) is -0.159. The van der Waals surface area contributed by atoms with E-state index in [0.717, 1.165) is 6.26 Å². The van der Waals surface area contributed by atoms with Crippen molar-refractivity contribution < 1.29 is 40.2 Å². The number of alkyl halides is 6. The van der Waals surface area contributed by atoms with Gasteiger partial charge in [-0.1, -0.05) is 12.1 Å². The largest absolute Gasteiger partial charge is 0.491 e. The van der Waals surface area contributed by atoms with Gasteiger partial charge >= 0.3 is 12.4 Å². The third kappa shape index (κ3) is 5.69. The summed E-state index contributed by atoms with van der Waals surface area (Å²) in [4.78, 5) is 0. The van der Waals surface area contributed by atoms with Crippen LogP contribution in [0, 0.1) is 5.82 Å². The summed E-state index contributed by atoms with van der Waals surface area (Å²) in [5, 5.41) is 3.13. The molecule has 168 valence electrons. The Morgan fingerprint density at radius 3 is 2.13 bits per heavy atom. The molecule has 0 spiro atoms.